The first-order valence-electron chi connectivity index (χ1n) is 7.31. The van der Waals surface area contributed by atoms with Gasteiger partial charge in [0.15, 0.2) is 5.78 Å². The number of nitrogens with zero attached hydrogens (tertiary/aromatic N) is 2. The number of ketones is 1. The van der Waals surface area contributed by atoms with Crippen molar-refractivity contribution >= 4 is 27.7 Å². The van der Waals surface area contributed by atoms with E-state index in [1.807, 2.05) is 0 Å². The summed E-state index contributed by atoms with van der Waals surface area (Å²) >= 11 is 2.95. The van der Waals surface area contributed by atoms with Crippen LogP contribution >= 0.6 is 15.9 Å². The van der Waals surface area contributed by atoms with E-state index in [0.717, 1.165) is 19.2 Å². The number of carbonyl (C=O) groups excluding carboxylic acids is 2. The molecule has 0 aliphatic heterocycles. The van der Waals surface area contributed by atoms with Gasteiger partial charge in [-0.05, 0) is 35.0 Å². The Balaban J connectivity index is 2.67. The van der Waals surface area contributed by atoms with E-state index in [0.29, 0.717) is 15.2 Å². The molecule has 0 bridgehead atoms. The van der Waals surface area contributed by atoms with Crippen molar-refractivity contribution in [3.8, 4) is 5.69 Å². The van der Waals surface area contributed by atoms with Gasteiger partial charge in [0, 0.05) is 17.6 Å². The third-order valence-electron chi connectivity index (χ3n) is 3.48. The Kier molecular flexibility index (Phi) is 6.04. The van der Waals surface area contributed by atoms with Crippen LogP contribution in [0.2, 0.25) is 0 Å². The summed E-state index contributed by atoms with van der Waals surface area (Å²) < 4.78 is 45.6. The van der Waals surface area contributed by atoms with Crippen molar-refractivity contribution in [1.82, 2.24) is 9.13 Å². The molecule has 7 nitrogen and oxygen atoms in total. The Labute approximate surface area is 158 Å². The molecule has 0 N–H and O–H groups in total. The number of Topliss-reactive ketones (excluding diaryl/α,β-unsaturated/α-hetero) is 1. The highest BCUT2D eigenvalue weighted by Crippen LogP contribution is 2.24. The molecule has 0 spiro atoms. The van der Waals surface area contributed by atoms with Gasteiger partial charge in [-0.2, -0.15) is 0 Å². The first-order valence-corrected chi connectivity index (χ1v) is 8.11. The normalized spacial score (nSPS) is 10.9. The Bertz CT molecular complexity index is 1050. The third-order valence-corrected chi connectivity index (χ3v) is 4.14. The first-order chi connectivity index (χ1) is 12.5. The number of hydrogen-bond acceptors (Lipinski definition) is 5. The average Bonchev–Trinajstić information content (AvgIpc) is 2.57. The monoisotopic (exact) mass is 448 g/mol. The lowest BCUT2D eigenvalue weighted by atomic mass is 10.2. The van der Waals surface area contributed by atoms with Gasteiger partial charge >= 0.3 is 11.7 Å². The Morgan fingerprint density at radius 2 is 1.85 bits per heavy atom. The summed E-state index contributed by atoms with van der Waals surface area (Å²) in [6, 6.07) is 2.17. The van der Waals surface area contributed by atoms with E-state index >= 15 is 0 Å². The maximum atomic E-state index is 14.4. The minimum atomic E-state index is -3.09. The van der Waals surface area contributed by atoms with Crippen LogP contribution in [0.4, 0.5) is 13.2 Å². The quantitative estimate of drug-likeness (QED) is 0.653. The van der Waals surface area contributed by atoms with Crippen LogP contribution in [-0.2, 0) is 16.6 Å². The minimum absolute atomic E-state index is 0.0497. The number of hydrogen-bond donors (Lipinski definition) is 0. The summed E-state index contributed by atoms with van der Waals surface area (Å²) in [6.07, 6.45) is -3.09. The van der Waals surface area contributed by atoms with Crippen molar-refractivity contribution in [2.24, 2.45) is 7.05 Å². The molecule has 1 aromatic carbocycles. The highest BCUT2D eigenvalue weighted by Gasteiger charge is 2.22. The van der Waals surface area contributed by atoms with Gasteiger partial charge in [-0.3, -0.25) is 14.2 Å². The van der Waals surface area contributed by atoms with Crippen LogP contribution in [0.25, 0.3) is 5.69 Å². The predicted octanol–water partition coefficient (Wildman–Crippen LogP) is 2.12. The standard InChI is InChI=1S/C16H12BrF3N2O5/c1-7(23)6-27-15(25)8-3-11(10(18)4-9(8)17)22-13(24)5-12(14(19)20)21(2)16(22)26/h3-5,14H,6H2,1-2H3. The second-order valence-corrected chi connectivity index (χ2v) is 6.30. The van der Waals surface area contributed by atoms with Crippen LogP contribution in [-0.4, -0.2) is 27.5 Å². The summed E-state index contributed by atoms with van der Waals surface area (Å²) in [5.74, 6) is -2.50. The summed E-state index contributed by atoms with van der Waals surface area (Å²) in [5.41, 5.74) is -4.14. The molecule has 0 amide bonds. The van der Waals surface area contributed by atoms with Gasteiger partial charge in [0.25, 0.3) is 12.0 Å². The van der Waals surface area contributed by atoms with Crippen molar-refractivity contribution in [2.75, 3.05) is 6.61 Å². The zero-order valence-electron chi connectivity index (χ0n) is 14.0. The summed E-state index contributed by atoms with van der Waals surface area (Å²) in [7, 11) is 0.999. The molecule has 0 atom stereocenters. The van der Waals surface area contributed by atoms with Crippen molar-refractivity contribution in [3.05, 3.63) is 60.6 Å². The number of ether oxygens (including phenoxy) is 1. The number of carbonyl (C=O) groups is 2. The van der Waals surface area contributed by atoms with Crippen LogP contribution in [0, 0.1) is 5.82 Å². The largest absolute Gasteiger partial charge is 0.454 e. The van der Waals surface area contributed by atoms with E-state index in [2.05, 4.69) is 15.9 Å². The van der Waals surface area contributed by atoms with Crippen LogP contribution in [0.1, 0.15) is 29.4 Å². The molecular formula is C16H12BrF3N2O5. The lowest BCUT2D eigenvalue weighted by molar-refractivity contribution is -0.120. The lowest BCUT2D eigenvalue weighted by Crippen LogP contribution is -2.39. The van der Waals surface area contributed by atoms with Gasteiger partial charge in [0.2, 0.25) is 0 Å². The molecule has 0 saturated heterocycles. The molecule has 2 rings (SSSR count). The zero-order chi connectivity index (χ0) is 20.5. The Morgan fingerprint density at radius 3 is 2.41 bits per heavy atom. The van der Waals surface area contributed by atoms with Gasteiger partial charge < -0.3 is 4.74 Å². The lowest BCUT2D eigenvalue weighted by Gasteiger charge is -2.13. The highest BCUT2D eigenvalue weighted by atomic mass is 79.9. The van der Waals surface area contributed by atoms with Gasteiger partial charge in [-0.1, -0.05) is 0 Å². The van der Waals surface area contributed by atoms with Crippen LogP contribution in [0.3, 0.4) is 0 Å². The van der Waals surface area contributed by atoms with E-state index in [1.165, 1.54) is 6.92 Å². The Morgan fingerprint density at radius 1 is 1.22 bits per heavy atom. The number of halogens is 4. The Hall–Kier alpha value is -2.69. The third kappa shape index (κ3) is 4.18. The second kappa shape index (κ2) is 7.91. The number of esters is 1. The smallest absolute Gasteiger partial charge is 0.339 e. The van der Waals surface area contributed by atoms with Crippen molar-refractivity contribution < 1.29 is 27.5 Å². The van der Waals surface area contributed by atoms with Crippen LogP contribution in [0.5, 0.6) is 0 Å². The first kappa shape index (κ1) is 20.6. The van der Waals surface area contributed by atoms with Gasteiger partial charge in [0.1, 0.15) is 12.4 Å². The topological polar surface area (TPSA) is 87.4 Å². The van der Waals surface area contributed by atoms with E-state index in [1.54, 1.807) is 0 Å². The molecule has 0 saturated carbocycles. The molecule has 0 aliphatic carbocycles. The second-order valence-electron chi connectivity index (χ2n) is 5.45. The van der Waals surface area contributed by atoms with Gasteiger partial charge in [-0.25, -0.2) is 27.3 Å². The number of rotatable bonds is 5. The molecule has 0 unspecified atom stereocenters. The number of benzene rings is 1. The van der Waals surface area contributed by atoms with E-state index in [4.69, 9.17) is 4.74 Å². The molecule has 2 aromatic rings. The van der Waals surface area contributed by atoms with Crippen LogP contribution in [0.15, 0.2) is 32.3 Å². The maximum Gasteiger partial charge on any atom is 0.339 e. The molecule has 144 valence electrons. The minimum Gasteiger partial charge on any atom is -0.454 e. The zero-order valence-corrected chi connectivity index (χ0v) is 15.6. The molecule has 27 heavy (non-hydrogen) atoms. The molecule has 1 heterocycles. The van der Waals surface area contributed by atoms with E-state index in [-0.39, 0.29) is 10.0 Å². The molecular weight excluding hydrogens is 437 g/mol. The predicted molar refractivity (Wildman–Crippen MR) is 90.9 cm³/mol. The van der Waals surface area contributed by atoms with Gasteiger partial charge in [-0.15, -0.1) is 0 Å². The fourth-order valence-electron chi connectivity index (χ4n) is 2.18. The van der Waals surface area contributed by atoms with Crippen molar-refractivity contribution in [3.63, 3.8) is 0 Å². The summed E-state index contributed by atoms with van der Waals surface area (Å²) in [6.45, 7) is 0.662. The summed E-state index contributed by atoms with van der Waals surface area (Å²) in [4.78, 5) is 47.4. The fraction of sp³-hybridized carbons (Fsp3) is 0.250. The molecule has 0 radical (unpaired) electrons. The number of alkyl halides is 2. The van der Waals surface area contributed by atoms with Gasteiger partial charge in [0.05, 0.1) is 16.9 Å². The average molecular weight is 449 g/mol. The maximum absolute atomic E-state index is 14.4. The molecule has 0 fully saturated rings. The van der Waals surface area contributed by atoms with Crippen molar-refractivity contribution in [1.29, 1.82) is 0 Å². The number of aromatic nitrogens is 2. The molecule has 11 heteroatoms. The molecule has 1 aromatic heterocycles. The summed E-state index contributed by atoms with van der Waals surface area (Å²) in [5, 5.41) is 0. The fourth-order valence-corrected chi connectivity index (χ4v) is 2.66. The molecule has 0 aliphatic rings. The highest BCUT2D eigenvalue weighted by molar-refractivity contribution is 9.10. The van der Waals surface area contributed by atoms with E-state index in [9.17, 15) is 32.3 Å². The van der Waals surface area contributed by atoms with Crippen LogP contribution < -0.4 is 11.2 Å². The van der Waals surface area contributed by atoms with Crippen molar-refractivity contribution in [2.45, 2.75) is 13.3 Å². The SMILES string of the molecule is CC(=O)COC(=O)c1cc(-n2c(=O)cc(C(F)F)n(C)c2=O)c(F)cc1Br. The van der Waals surface area contributed by atoms with E-state index < -0.39 is 53.2 Å².